The molecular formula is C18H22N2S. The molecule has 0 unspecified atom stereocenters. The number of hydrogen-bond acceptors (Lipinski definition) is 1. The topological polar surface area (TPSA) is 24.1 Å². The Morgan fingerprint density at radius 2 is 1.71 bits per heavy atom. The molecular weight excluding hydrogens is 276 g/mol. The fourth-order valence-electron chi connectivity index (χ4n) is 2.15. The molecule has 2 aromatic carbocycles. The Bertz CT molecular complexity index is 605. The second-order valence-electron chi connectivity index (χ2n) is 5.38. The minimum absolute atomic E-state index is 0.594. The molecule has 3 heteroatoms. The molecule has 0 saturated heterocycles. The van der Waals surface area contributed by atoms with E-state index >= 15 is 0 Å². The van der Waals surface area contributed by atoms with E-state index in [9.17, 15) is 0 Å². The van der Waals surface area contributed by atoms with Crippen molar-refractivity contribution >= 4 is 28.7 Å². The van der Waals surface area contributed by atoms with Gasteiger partial charge >= 0.3 is 0 Å². The molecule has 0 aliphatic carbocycles. The summed E-state index contributed by atoms with van der Waals surface area (Å²) in [6.45, 7) is 6.51. The Morgan fingerprint density at radius 1 is 1.05 bits per heavy atom. The first-order chi connectivity index (χ1) is 10.1. The second kappa shape index (κ2) is 7.23. The molecule has 2 aromatic rings. The predicted octanol–water partition coefficient (Wildman–Crippen LogP) is 5.32. The highest BCUT2D eigenvalue weighted by molar-refractivity contribution is 7.80. The Labute approximate surface area is 132 Å². The van der Waals surface area contributed by atoms with Crippen molar-refractivity contribution in [3.05, 3.63) is 59.7 Å². The zero-order chi connectivity index (χ0) is 15.2. The Kier molecular flexibility index (Phi) is 5.34. The van der Waals surface area contributed by atoms with Crippen LogP contribution in [0.3, 0.4) is 0 Å². The lowest BCUT2D eigenvalue weighted by atomic mass is 9.99. The van der Waals surface area contributed by atoms with E-state index in [1.165, 1.54) is 11.1 Å². The molecule has 2 rings (SSSR count). The highest BCUT2D eigenvalue weighted by Gasteiger charge is 2.03. The summed E-state index contributed by atoms with van der Waals surface area (Å²) in [6, 6.07) is 16.6. The lowest BCUT2D eigenvalue weighted by molar-refractivity contribution is 0.734. The Morgan fingerprint density at radius 3 is 2.33 bits per heavy atom. The highest BCUT2D eigenvalue weighted by atomic mass is 32.1. The van der Waals surface area contributed by atoms with Gasteiger partial charge in [0.1, 0.15) is 0 Å². The van der Waals surface area contributed by atoms with E-state index in [-0.39, 0.29) is 0 Å². The summed E-state index contributed by atoms with van der Waals surface area (Å²) in [7, 11) is 0. The number of thiocarbonyl (C=S) groups is 1. The van der Waals surface area contributed by atoms with Crippen LogP contribution < -0.4 is 10.6 Å². The van der Waals surface area contributed by atoms with E-state index in [4.69, 9.17) is 12.2 Å². The predicted molar refractivity (Wildman–Crippen MR) is 96.2 cm³/mol. The van der Waals surface area contributed by atoms with Gasteiger partial charge in [-0.3, -0.25) is 0 Å². The normalized spacial score (nSPS) is 11.8. The molecule has 0 heterocycles. The second-order valence-corrected chi connectivity index (χ2v) is 5.79. The van der Waals surface area contributed by atoms with Gasteiger partial charge in [0.15, 0.2) is 5.11 Å². The minimum Gasteiger partial charge on any atom is -0.332 e. The molecule has 0 aliphatic heterocycles. The zero-order valence-electron chi connectivity index (χ0n) is 12.8. The van der Waals surface area contributed by atoms with Gasteiger partial charge in [-0.05, 0) is 66.9 Å². The van der Waals surface area contributed by atoms with Gasteiger partial charge in [0.05, 0.1) is 0 Å². The van der Waals surface area contributed by atoms with Crippen molar-refractivity contribution in [2.45, 2.75) is 33.1 Å². The number of hydrogen-bond donors (Lipinski definition) is 2. The third kappa shape index (κ3) is 4.57. The van der Waals surface area contributed by atoms with Crippen molar-refractivity contribution in [3.8, 4) is 0 Å². The molecule has 0 aromatic heterocycles. The van der Waals surface area contributed by atoms with Crippen LogP contribution in [0, 0.1) is 6.92 Å². The maximum atomic E-state index is 5.35. The summed E-state index contributed by atoms with van der Waals surface area (Å²) in [4.78, 5) is 0. The molecule has 0 fully saturated rings. The minimum atomic E-state index is 0.594. The molecule has 0 aliphatic rings. The first-order valence-electron chi connectivity index (χ1n) is 7.33. The van der Waals surface area contributed by atoms with Gasteiger partial charge in [-0.1, -0.05) is 38.1 Å². The maximum Gasteiger partial charge on any atom is 0.175 e. The summed E-state index contributed by atoms with van der Waals surface area (Å²) < 4.78 is 0. The van der Waals surface area contributed by atoms with Crippen LogP contribution in [0.4, 0.5) is 11.4 Å². The summed E-state index contributed by atoms with van der Waals surface area (Å²) in [5.41, 5.74) is 4.58. The smallest absolute Gasteiger partial charge is 0.175 e. The summed E-state index contributed by atoms with van der Waals surface area (Å²) in [5.74, 6) is 0.594. The maximum absolute atomic E-state index is 5.35. The van der Waals surface area contributed by atoms with Gasteiger partial charge in [-0.25, -0.2) is 0 Å². The molecule has 0 spiro atoms. The quantitative estimate of drug-likeness (QED) is 0.747. The number of aryl methyl sites for hydroxylation is 1. The largest absolute Gasteiger partial charge is 0.332 e. The van der Waals surface area contributed by atoms with Crippen LogP contribution in [0.2, 0.25) is 0 Å². The van der Waals surface area contributed by atoms with E-state index in [2.05, 4.69) is 67.8 Å². The van der Waals surface area contributed by atoms with Crippen molar-refractivity contribution in [2.24, 2.45) is 0 Å². The molecule has 2 N–H and O–H groups in total. The molecule has 21 heavy (non-hydrogen) atoms. The Hall–Kier alpha value is -1.87. The van der Waals surface area contributed by atoms with Crippen molar-refractivity contribution < 1.29 is 0 Å². The van der Waals surface area contributed by atoms with Gasteiger partial charge in [-0.2, -0.15) is 0 Å². The fraction of sp³-hybridized carbons (Fsp3) is 0.278. The van der Waals surface area contributed by atoms with Crippen molar-refractivity contribution in [1.29, 1.82) is 0 Å². The molecule has 0 amide bonds. The third-order valence-corrected chi connectivity index (χ3v) is 3.83. The monoisotopic (exact) mass is 298 g/mol. The van der Waals surface area contributed by atoms with E-state index < -0.39 is 0 Å². The molecule has 0 radical (unpaired) electrons. The molecule has 2 nitrogen and oxygen atoms in total. The standard InChI is InChI=1S/C18H22N2S/c1-4-14(3)15-8-10-16(11-9-15)19-18(21)20-17-7-5-6-13(2)12-17/h5-12,14H,4H2,1-3H3,(H2,19,20,21)/t14-/m1/s1. The highest BCUT2D eigenvalue weighted by Crippen LogP contribution is 2.20. The average Bonchev–Trinajstić information content (AvgIpc) is 2.47. The van der Waals surface area contributed by atoms with Crippen LogP contribution in [-0.4, -0.2) is 5.11 Å². The lowest BCUT2D eigenvalue weighted by Crippen LogP contribution is -2.19. The lowest BCUT2D eigenvalue weighted by Gasteiger charge is -2.13. The van der Waals surface area contributed by atoms with E-state index in [1.54, 1.807) is 0 Å². The number of anilines is 2. The number of nitrogens with one attached hydrogen (secondary N) is 2. The van der Waals surface area contributed by atoms with E-state index in [0.29, 0.717) is 11.0 Å². The van der Waals surface area contributed by atoms with Gasteiger partial charge in [0.2, 0.25) is 0 Å². The van der Waals surface area contributed by atoms with Crippen LogP contribution >= 0.6 is 12.2 Å². The van der Waals surface area contributed by atoms with Crippen molar-refractivity contribution in [3.63, 3.8) is 0 Å². The first kappa shape index (κ1) is 15.5. The van der Waals surface area contributed by atoms with Crippen molar-refractivity contribution in [2.75, 3.05) is 10.6 Å². The number of benzene rings is 2. The third-order valence-electron chi connectivity index (χ3n) is 3.63. The molecule has 1 atom stereocenters. The molecule has 0 bridgehead atoms. The first-order valence-corrected chi connectivity index (χ1v) is 7.74. The Balaban J connectivity index is 1.96. The summed E-state index contributed by atoms with van der Waals surface area (Å²) >= 11 is 5.35. The fourth-order valence-corrected chi connectivity index (χ4v) is 2.38. The van der Waals surface area contributed by atoms with Crippen molar-refractivity contribution in [1.82, 2.24) is 0 Å². The van der Waals surface area contributed by atoms with Gasteiger partial charge < -0.3 is 10.6 Å². The zero-order valence-corrected chi connectivity index (χ0v) is 13.6. The summed E-state index contributed by atoms with van der Waals surface area (Å²) in [5, 5.41) is 7.02. The van der Waals surface area contributed by atoms with Crippen LogP contribution in [0.1, 0.15) is 37.3 Å². The average molecular weight is 298 g/mol. The SMILES string of the molecule is CC[C@@H](C)c1ccc(NC(=S)Nc2cccc(C)c2)cc1. The van der Waals surface area contributed by atoms with E-state index in [0.717, 1.165) is 17.8 Å². The van der Waals surface area contributed by atoms with Crippen LogP contribution in [-0.2, 0) is 0 Å². The van der Waals surface area contributed by atoms with Crippen LogP contribution in [0.5, 0.6) is 0 Å². The van der Waals surface area contributed by atoms with Crippen LogP contribution in [0.15, 0.2) is 48.5 Å². The van der Waals surface area contributed by atoms with Gasteiger partial charge in [0, 0.05) is 11.4 Å². The van der Waals surface area contributed by atoms with Gasteiger partial charge in [0.25, 0.3) is 0 Å². The molecule has 0 saturated carbocycles. The van der Waals surface area contributed by atoms with E-state index in [1.807, 2.05) is 12.1 Å². The number of rotatable bonds is 4. The van der Waals surface area contributed by atoms with Crippen LogP contribution in [0.25, 0.3) is 0 Å². The molecule has 110 valence electrons. The summed E-state index contributed by atoms with van der Waals surface area (Å²) in [6.07, 6.45) is 1.15. The van der Waals surface area contributed by atoms with Gasteiger partial charge in [-0.15, -0.1) is 0 Å².